The van der Waals surface area contributed by atoms with Crippen molar-refractivity contribution in [1.29, 1.82) is 0 Å². The number of carbonyl (C=O) groups is 1. The Morgan fingerprint density at radius 2 is 1.48 bits per heavy atom. The third-order valence-electron chi connectivity index (χ3n) is 4.78. The number of rotatable bonds is 2. The summed E-state index contributed by atoms with van der Waals surface area (Å²) in [7, 11) is 0. The predicted octanol–water partition coefficient (Wildman–Crippen LogP) is 4.62. The number of benzene rings is 2. The second-order valence-corrected chi connectivity index (χ2v) is 6.98. The van der Waals surface area contributed by atoms with E-state index in [1.807, 2.05) is 24.0 Å². The van der Waals surface area contributed by atoms with Crippen molar-refractivity contribution in [2.75, 3.05) is 36.4 Å². The molecule has 132 valence electrons. The first-order chi connectivity index (χ1) is 12.0. The summed E-state index contributed by atoms with van der Waals surface area (Å²) in [4.78, 5) is 16.8. The smallest absolute Gasteiger partial charge is 0.322 e. The molecule has 5 heteroatoms. The molecule has 0 unspecified atom stereocenters. The molecule has 1 fully saturated rings. The Hall–Kier alpha value is -2.20. The van der Waals surface area contributed by atoms with Crippen molar-refractivity contribution >= 4 is 29.0 Å². The van der Waals surface area contributed by atoms with Crippen LogP contribution in [0.2, 0.25) is 5.02 Å². The highest BCUT2D eigenvalue weighted by atomic mass is 35.5. The number of carbonyl (C=O) groups excluding carboxylic acids is 1. The minimum Gasteiger partial charge on any atom is -0.368 e. The summed E-state index contributed by atoms with van der Waals surface area (Å²) in [5.74, 6) is 0. The van der Waals surface area contributed by atoms with E-state index in [2.05, 4.69) is 42.3 Å². The molecule has 0 atom stereocenters. The van der Waals surface area contributed by atoms with Crippen molar-refractivity contribution in [3.8, 4) is 0 Å². The fourth-order valence-corrected chi connectivity index (χ4v) is 3.68. The maximum absolute atomic E-state index is 12.6. The van der Waals surface area contributed by atoms with Crippen LogP contribution in [-0.4, -0.2) is 37.1 Å². The summed E-state index contributed by atoms with van der Waals surface area (Å²) >= 11 is 6.21. The van der Waals surface area contributed by atoms with Gasteiger partial charge < -0.3 is 15.1 Å². The summed E-state index contributed by atoms with van der Waals surface area (Å²) in [5.41, 5.74) is 5.53. The zero-order valence-electron chi connectivity index (χ0n) is 15.0. The van der Waals surface area contributed by atoms with Crippen LogP contribution in [-0.2, 0) is 0 Å². The number of para-hydroxylation sites is 2. The zero-order chi connectivity index (χ0) is 18.0. The molecule has 0 aliphatic carbocycles. The van der Waals surface area contributed by atoms with E-state index in [-0.39, 0.29) is 6.03 Å². The van der Waals surface area contributed by atoms with Crippen LogP contribution < -0.4 is 10.2 Å². The quantitative estimate of drug-likeness (QED) is 0.851. The van der Waals surface area contributed by atoms with E-state index >= 15 is 0 Å². The molecule has 2 aromatic rings. The molecule has 1 heterocycles. The van der Waals surface area contributed by atoms with Gasteiger partial charge in [-0.15, -0.1) is 0 Å². The molecule has 0 saturated carbocycles. The first-order valence-electron chi connectivity index (χ1n) is 8.59. The maximum Gasteiger partial charge on any atom is 0.322 e. The minimum atomic E-state index is -0.0858. The molecule has 1 aliphatic rings. The number of halogens is 1. The van der Waals surface area contributed by atoms with Gasteiger partial charge in [0.1, 0.15) is 0 Å². The lowest BCUT2D eigenvalue weighted by Gasteiger charge is -2.37. The average Bonchev–Trinajstić information content (AvgIpc) is 2.58. The second kappa shape index (κ2) is 7.36. The maximum atomic E-state index is 12.6. The second-order valence-electron chi connectivity index (χ2n) is 6.58. The molecule has 4 nitrogen and oxygen atoms in total. The SMILES string of the molecule is Cc1cccc(Cl)c1NC(=O)N1CCN(c2c(C)cccc2C)CC1. The van der Waals surface area contributed by atoms with Crippen molar-refractivity contribution in [2.24, 2.45) is 0 Å². The van der Waals surface area contributed by atoms with Crippen molar-refractivity contribution < 1.29 is 4.79 Å². The van der Waals surface area contributed by atoms with Gasteiger partial charge in [0, 0.05) is 31.9 Å². The van der Waals surface area contributed by atoms with Gasteiger partial charge in [-0.2, -0.15) is 0 Å². The van der Waals surface area contributed by atoms with E-state index in [9.17, 15) is 4.79 Å². The number of nitrogens with one attached hydrogen (secondary N) is 1. The van der Waals surface area contributed by atoms with Crippen LogP contribution in [0.1, 0.15) is 16.7 Å². The summed E-state index contributed by atoms with van der Waals surface area (Å²) in [6.45, 7) is 9.29. The Bertz CT molecular complexity index is 742. The summed E-state index contributed by atoms with van der Waals surface area (Å²) in [6, 6.07) is 11.9. The first kappa shape index (κ1) is 17.6. The fraction of sp³-hybridized carbons (Fsp3) is 0.350. The summed E-state index contributed by atoms with van der Waals surface area (Å²) in [5, 5.41) is 3.53. The lowest BCUT2D eigenvalue weighted by Crippen LogP contribution is -2.50. The molecular formula is C20H24ClN3O. The van der Waals surface area contributed by atoms with E-state index < -0.39 is 0 Å². The number of amides is 2. The topological polar surface area (TPSA) is 35.6 Å². The molecule has 0 aromatic heterocycles. The Morgan fingerprint density at radius 1 is 0.920 bits per heavy atom. The Morgan fingerprint density at radius 3 is 2.08 bits per heavy atom. The third-order valence-corrected chi connectivity index (χ3v) is 5.09. The molecule has 1 aliphatic heterocycles. The lowest BCUT2D eigenvalue weighted by molar-refractivity contribution is 0.208. The van der Waals surface area contributed by atoms with Crippen LogP contribution in [0.25, 0.3) is 0 Å². The van der Waals surface area contributed by atoms with E-state index in [0.29, 0.717) is 23.8 Å². The highest BCUT2D eigenvalue weighted by Gasteiger charge is 2.23. The van der Waals surface area contributed by atoms with Gasteiger partial charge in [0.15, 0.2) is 0 Å². The molecule has 1 N–H and O–H groups in total. The molecule has 2 aromatic carbocycles. The molecule has 0 bridgehead atoms. The van der Waals surface area contributed by atoms with Crippen LogP contribution >= 0.6 is 11.6 Å². The van der Waals surface area contributed by atoms with Crippen LogP contribution in [0.5, 0.6) is 0 Å². The van der Waals surface area contributed by atoms with Gasteiger partial charge in [-0.1, -0.05) is 41.9 Å². The van der Waals surface area contributed by atoms with E-state index in [1.165, 1.54) is 16.8 Å². The Balaban J connectivity index is 1.65. The first-order valence-corrected chi connectivity index (χ1v) is 8.97. The highest BCUT2D eigenvalue weighted by molar-refractivity contribution is 6.33. The molecule has 0 spiro atoms. The minimum absolute atomic E-state index is 0.0858. The van der Waals surface area contributed by atoms with Crippen LogP contribution in [0.4, 0.5) is 16.2 Å². The van der Waals surface area contributed by atoms with Crippen molar-refractivity contribution in [3.63, 3.8) is 0 Å². The zero-order valence-corrected chi connectivity index (χ0v) is 15.7. The molecule has 25 heavy (non-hydrogen) atoms. The van der Waals surface area contributed by atoms with Gasteiger partial charge >= 0.3 is 6.03 Å². The molecule has 3 rings (SSSR count). The van der Waals surface area contributed by atoms with E-state index in [0.717, 1.165) is 18.7 Å². The van der Waals surface area contributed by atoms with Crippen molar-refractivity contribution in [3.05, 3.63) is 58.1 Å². The van der Waals surface area contributed by atoms with Crippen molar-refractivity contribution in [2.45, 2.75) is 20.8 Å². The van der Waals surface area contributed by atoms with Crippen LogP contribution in [0.15, 0.2) is 36.4 Å². The van der Waals surface area contributed by atoms with E-state index in [1.54, 1.807) is 6.07 Å². The summed E-state index contributed by atoms with van der Waals surface area (Å²) < 4.78 is 0. The fourth-order valence-electron chi connectivity index (χ4n) is 3.41. The third kappa shape index (κ3) is 3.74. The number of anilines is 2. The monoisotopic (exact) mass is 357 g/mol. The Labute approximate surface area is 154 Å². The average molecular weight is 358 g/mol. The Kier molecular flexibility index (Phi) is 5.19. The summed E-state index contributed by atoms with van der Waals surface area (Å²) in [6.07, 6.45) is 0. The van der Waals surface area contributed by atoms with Gasteiger partial charge in [0.25, 0.3) is 0 Å². The molecule has 1 saturated heterocycles. The normalized spacial score (nSPS) is 14.6. The van der Waals surface area contributed by atoms with Crippen LogP contribution in [0, 0.1) is 20.8 Å². The number of piperazine rings is 1. The van der Waals surface area contributed by atoms with Gasteiger partial charge in [-0.3, -0.25) is 0 Å². The predicted molar refractivity (Wildman–Crippen MR) is 105 cm³/mol. The van der Waals surface area contributed by atoms with Gasteiger partial charge in [0.2, 0.25) is 0 Å². The van der Waals surface area contributed by atoms with Gasteiger partial charge in [-0.05, 0) is 43.5 Å². The van der Waals surface area contributed by atoms with Gasteiger partial charge in [-0.25, -0.2) is 4.79 Å². The van der Waals surface area contributed by atoms with Gasteiger partial charge in [0.05, 0.1) is 10.7 Å². The van der Waals surface area contributed by atoms with Crippen LogP contribution in [0.3, 0.4) is 0 Å². The lowest BCUT2D eigenvalue weighted by atomic mass is 10.1. The number of nitrogens with zero attached hydrogens (tertiary/aromatic N) is 2. The number of hydrogen-bond donors (Lipinski definition) is 1. The molecule has 2 amide bonds. The van der Waals surface area contributed by atoms with Crippen molar-refractivity contribution in [1.82, 2.24) is 4.90 Å². The highest BCUT2D eigenvalue weighted by Crippen LogP contribution is 2.27. The number of urea groups is 1. The standard InChI is InChI=1S/C20H24ClN3O/c1-14-6-5-9-17(21)18(14)22-20(25)24-12-10-23(11-13-24)19-15(2)7-4-8-16(19)3/h4-9H,10-13H2,1-3H3,(H,22,25). The number of aryl methyl sites for hydroxylation is 3. The molecular weight excluding hydrogens is 334 g/mol. The molecule has 0 radical (unpaired) electrons. The van der Waals surface area contributed by atoms with E-state index in [4.69, 9.17) is 11.6 Å². The number of hydrogen-bond acceptors (Lipinski definition) is 2. The largest absolute Gasteiger partial charge is 0.368 e.